The molecule has 2 atom stereocenters. The van der Waals surface area contributed by atoms with E-state index in [0.29, 0.717) is 22.9 Å². The van der Waals surface area contributed by atoms with Crippen LogP contribution in [-0.2, 0) is 20.9 Å². The molecule has 108 valence electrons. The van der Waals surface area contributed by atoms with Crippen LogP contribution < -0.4 is 5.32 Å². The number of rotatable bonds is 4. The van der Waals surface area contributed by atoms with Crippen molar-refractivity contribution in [3.8, 4) is 0 Å². The fourth-order valence-electron chi connectivity index (χ4n) is 1.99. The number of benzene rings is 1. The van der Waals surface area contributed by atoms with Gasteiger partial charge in [0, 0.05) is 11.0 Å². The van der Waals surface area contributed by atoms with E-state index in [-0.39, 0.29) is 18.3 Å². The maximum atomic E-state index is 13.1. The van der Waals surface area contributed by atoms with Gasteiger partial charge >= 0.3 is 5.97 Å². The van der Waals surface area contributed by atoms with E-state index in [4.69, 9.17) is 9.84 Å². The van der Waals surface area contributed by atoms with E-state index in [0.717, 1.165) is 0 Å². The van der Waals surface area contributed by atoms with E-state index in [9.17, 15) is 14.0 Å². The topological polar surface area (TPSA) is 75.6 Å². The van der Waals surface area contributed by atoms with Crippen LogP contribution in [0.2, 0.25) is 0 Å². The Morgan fingerprint density at radius 3 is 2.75 bits per heavy atom. The van der Waals surface area contributed by atoms with Crippen molar-refractivity contribution in [2.45, 2.75) is 31.6 Å². The van der Waals surface area contributed by atoms with Crippen molar-refractivity contribution >= 4 is 27.8 Å². The predicted octanol–water partition coefficient (Wildman–Crippen LogP) is 1.84. The third kappa shape index (κ3) is 3.55. The fourth-order valence-corrected chi connectivity index (χ4v) is 2.37. The first-order valence-corrected chi connectivity index (χ1v) is 6.86. The average Bonchev–Trinajstić information content (AvgIpc) is 2.89. The lowest BCUT2D eigenvalue weighted by atomic mass is 10.2. The zero-order chi connectivity index (χ0) is 14.7. The Labute approximate surface area is 123 Å². The van der Waals surface area contributed by atoms with E-state index in [1.807, 2.05) is 0 Å². The zero-order valence-electron chi connectivity index (χ0n) is 10.4. The highest BCUT2D eigenvalue weighted by Crippen LogP contribution is 2.21. The number of carboxylic acids is 1. The Balaban J connectivity index is 1.90. The van der Waals surface area contributed by atoms with Crippen LogP contribution in [0.1, 0.15) is 18.4 Å². The van der Waals surface area contributed by atoms with E-state index < -0.39 is 18.2 Å². The zero-order valence-corrected chi connectivity index (χ0v) is 12.0. The molecule has 1 aromatic rings. The second-order valence-corrected chi connectivity index (χ2v) is 5.34. The van der Waals surface area contributed by atoms with Crippen molar-refractivity contribution in [1.82, 2.24) is 5.32 Å². The molecule has 5 nitrogen and oxygen atoms in total. The summed E-state index contributed by atoms with van der Waals surface area (Å²) >= 11 is 3.27. The number of carbonyl (C=O) groups excluding carboxylic acids is 1. The van der Waals surface area contributed by atoms with Crippen molar-refractivity contribution in [2.24, 2.45) is 0 Å². The van der Waals surface area contributed by atoms with Gasteiger partial charge in [0.15, 0.2) is 6.10 Å². The van der Waals surface area contributed by atoms with Crippen molar-refractivity contribution in [2.75, 3.05) is 0 Å². The van der Waals surface area contributed by atoms with Crippen LogP contribution in [0, 0.1) is 5.82 Å². The Hall–Kier alpha value is -1.47. The summed E-state index contributed by atoms with van der Waals surface area (Å²) in [5.41, 5.74) is 0.603. The molecule has 1 saturated heterocycles. The van der Waals surface area contributed by atoms with Crippen LogP contribution in [0.15, 0.2) is 22.7 Å². The molecule has 0 aliphatic carbocycles. The minimum Gasteiger partial charge on any atom is -0.479 e. The highest BCUT2D eigenvalue weighted by atomic mass is 79.9. The first-order chi connectivity index (χ1) is 9.47. The lowest BCUT2D eigenvalue weighted by Crippen LogP contribution is -2.35. The van der Waals surface area contributed by atoms with Crippen LogP contribution >= 0.6 is 15.9 Å². The van der Waals surface area contributed by atoms with Crippen LogP contribution in [0.4, 0.5) is 4.39 Å². The van der Waals surface area contributed by atoms with Gasteiger partial charge in [0.25, 0.3) is 0 Å². The monoisotopic (exact) mass is 345 g/mol. The molecule has 1 fully saturated rings. The van der Waals surface area contributed by atoms with Gasteiger partial charge in [-0.3, -0.25) is 4.79 Å². The number of carboxylic acid groups (broad SMARTS) is 1. The first-order valence-electron chi connectivity index (χ1n) is 6.07. The molecule has 0 bridgehead atoms. The standard InChI is InChI=1S/C13H13BrFNO4/c14-9-2-1-8(15)5-7(9)6-16-12(17)10-3-4-11(20-10)13(18)19/h1-2,5,10-11H,3-4,6H2,(H,16,17)(H,18,19)/t10-,11+/m0/s1. The molecule has 2 rings (SSSR count). The number of nitrogens with one attached hydrogen (secondary N) is 1. The lowest BCUT2D eigenvalue weighted by Gasteiger charge is -2.12. The van der Waals surface area contributed by atoms with Gasteiger partial charge < -0.3 is 15.2 Å². The molecule has 0 unspecified atom stereocenters. The van der Waals surface area contributed by atoms with Crippen LogP contribution in [0.3, 0.4) is 0 Å². The Bertz CT molecular complexity index is 537. The quantitative estimate of drug-likeness (QED) is 0.872. The van der Waals surface area contributed by atoms with E-state index in [2.05, 4.69) is 21.2 Å². The SMILES string of the molecule is O=C(NCc1cc(F)ccc1Br)[C@@H]1CC[C@H](C(=O)O)O1. The third-order valence-electron chi connectivity index (χ3n) is 3.05. The van der Waals surface area contributed by atoms with Gasteiger partial charge in [0.2, 0.25) is 5.91 Å². The molecule has 1 aliphatic heterocycles. The van der Waals surface area contributed by atoms with E-state index >= 15 is 0 Å². The number of hydrogen-bond acceptors (Lipinski definition) is 3. The van der Waals surface area contributed by atoms with Gasteiger partial charge in [-0.15, -0.1) is 0 Å². The number of ether oxygens (including phenoxy) is 1. The summed E-state index contributed by atoms with van der Waals surface area (Å²) in [5, 5.41) is 11.4. The third-order valence-corrected chi connectivity index (χ3v) is 3.82. The molecule has 0 radical (unpaired) electrons. The van der Waals surface area contributed by atoms with E-state index in [1.54, 1.807) is 6.07 Å². The van der Waals surface area contributed by atoms with Gasteiger partial charge in [-0.05, 0) is 36.6 Å². The number of carbonyl (C=O) groups is 2. The van der Waals surface area contributed by atoms with Gasteiger partial charge in [-0.2, -0.15) is 0 Å². The summed E-state index contributed by atoms with van der Waals surface area (Å²) in [4.78, 5) is 22.6. The molecule has 20 heavy (non-hydrogen) atoms. The molecule has 7 heteroatoms. The van der Waals surface area contributed by atoms with Crippen LogP contribution in [0.5, 0.6) is 0 Å². The summed E-state index contributed by atoms with van der Waals surface area (Å²) in [6.07, 6.45) is -1.00. The second-order valence-electron chi connectivity index (χ2n) is 4.48. The molecule has 0 spiro atoms. The summed E-state index contributed by atoms with van der Waals surface area (Å²) in [7, 11) is 0. The van der Waals surface area contributed by atoms with Crippen molar-refractivity contribution in [1.29, 1.82) is 0 Å². The van der Waals surface area contributed by atoms with Gasteiger partial charge in [-0.25, -0.2) is 9.18 Å². The summed E-state index contributed by atoms with van der Waals surface area (Å²) in [6.45, 7) is 0.148. The molecule has 0 saturated carbocycles. The Kier molecular flexibility index (Phi) is 4.72. The number of aliphatic carboxylic acids is 1. The highest BCUT2D eigenvalue weighted by molar-refractivity contribution is 9.10. The highest BCUT2D eigenvalue weighted by Gasteiger charge is 2.34. The Morgan fingerprint density at radius 1 is 1.40 bits per heavy atom. The van der Waals surface area contributed by atoms with Crippen molar-refractivity contribution in [3.05, 3.63) is 34.1 Å². The summed E-state index contributed by atoms with van der Waals surface area (Å²) in [5.74, 6) is -1.83. The minimum absolute atomic E-state index is 0.148. The number of hydrogen-bond donors (Lipinski definition) is 2. The molecule has 1 aromatic carbocycles. The largest absolute Gasteiger partial charge is 0.479 e. The smallest absolute Gasteiger partial charge is 0.332 e. The van der Waals surface area contributed by atoms with Crippen molar-refractivity contribution in [3.63, 3.8) is 0 Å². The van der Waals surface area contributed by atoms with E-state index in [1.165, 1.54) is 12.1 Å². The minimum atomic E-state index is -1.06. The Morgan fingerprint density at radius 2 is 2.10 bits per heavy atom. The van der Waals surface area contributed by atoms with Gasteiger partial charge in [0.1, 0.15) is 11.9 Å². The molecule has 1 amide bonds. The molecular formula is C13H13BrFNO4. The second kappa shape index (κ2) is 6.32. The summed E-state index contributed by atoms with van der Waals surface area (Å²) in [6, 6.07) is 4.19. The average molecular weight is 346 g/mol. The molecule has 1 heterocycles. The predicted molar refractivity (Wildman–Crippen MR) is 71.5 cm³/mol. The molecule has 0 aromatic heterocycles. The molecule has 1 aliphatic rings. The first kappa shape index (κ1) is 14.9. The normalized spacial score (nSPS) is 21.7. The van der Waals surface area contributed by atoms with Gasteiger partial charge in [0.05, 0.1) is 0 Å². The molecular weight excluding hydrogens is 333 g/mol. The summed E-state index contributed by atoms with van der Waals surface area (Å²) < 4.78 is 18.9. The van der Waals surface area contributed by atoms with Crippen molar-refractivity contribution < 1.29 is 23.8 Å². The maximum absolute atomic E-state index is 13.1. The number of amides is 1. The fraction of sp³-hybridized carbons (Fsp3) is 0.385. The van der Waals surface area contributed by atoms with Gasteiger partial charge in [-0.1, -0.05) is 15.9 Å². The molecule has 2 N–H and O–H groups in total. The number of halogens is 2. The maximum Gasteiger partial charge on any atom is 0.332 e. The van der Waals surface area contributed by atoms with Crippen LogP contribution in [-0.4, -0.2) is 29.2 Å². The lowest BCUT2D eigenvalue weighted by molar-refractivity contribution is -0.151. The van der Waals surface area contributed by atoms with Crippen LogP contribution in [0.25, 0.3) is 0 Å².